The standard InChI is InChI=1S/C16H20N4O/c21-16(9-13-8-11-4-5-12(13)7-11)17-10-15-19-18-14-3-1-2-6-20(14)15/h1-3,6,11-13H,4-5,7-10H2,(H,17,21)/t11-,12+,13+/m0/s1. The van der Waals surface area contributed by atoms with Gasteiger partial charge in [0.1, 0.15) is 0 Å². The van der Waals surface area contributed by atoms with E-state index in [1.165, 1.54) is 25.7 Å². The van der Waals surface area contributed by atoms with Gasteiger partial charge in [0.2, 0.25) is 5.91 Å². The highest BCUT2D eigenvalue weighted by molar-refractivity contribution is 5.76. The molecule has 0 aromatic carbocycles. The first kappa shape index (κ1) is 12.8. The van der Waals surface area contributed by atoms with Crippen molar-refractivity contribution in [1.29, 1.82) is 0 Å². The number of hydrogen-bond donors (Lipinski definition) is 1. The molecule has 2 saturated carbocycles. The molecule has 21 heavy (non-hydrogen) atoms. The fourth-order valence-corrected chi connectivity index (χ4v) is 4.13. The molecule has 110 valence electrons. The summed E-state index contributed by atoms with van der Waals surface area (Å²) < 4.78 is 1.91. The predicted molar refractivity (Wildman–Crippen MR) is 78.4 cm³/mol. The lowest BCUT2D eigenvalue weighted by Crippen LogP contribution is -2.27. The van der Waals surface area contributed by atoms with Gasteiger partial charge in [-0.15, -0.1) is 10.2 Å². The number of rotatable bonds is 4. The molecular weight excluding hydrogens is 264 g/mol. The van der Waals surface area contributed by atoms with E-state index in [-0.39, 0.29) is 5.91 Å². The molecule has 2 bridgehead atoms. The molecule has 2 aromatic heterocycles. The van der Waals surface area contributed by atoms with Crippen LogP contribution in [0.3, 0.4) is 0 Å². The zero-order valence-corrected chi connectivity index (χ0v) is 12.0. The van der Waals surface area contributed by atoms with Crippen molar-refractivity contribution in [2.75, 3.05) is 0 Å². The summed E-state index contributed by atoms with van der Waals surface area (Å²) in [5, 5.41) is 11.2. The number of amides is 1. The van der Waals surface area contributed by atoms with Crippen LogP contribution in [-0.2, 0) is 11.3 Å². The van der Waals surface area contributed by atoms with Crippen molar-refractivity contribution in [3.8, 4) is 0 Å². The third kappa shape index (κ3) is 2.41. The molecule has 0 spiro atoms. The molecule has 3 atom stereocenters. The van der Waals surface area contributed by atoms with Gasteiger partial charge in [0.15, 0.2) is 11.5 Å². The van der Waals surface area contributed by atoms with E-state index in [0.717, 1.165) is 23.3 Å². The first-order valence-corrected chi connectivity index (χ1v) is 7.85. The third-order valence-electron chi connectivity index (χ3n) is 5.16. The van der Waals surface area contributed by atoms with E-state index in [2.05, 4.69) is 15.5 Å². The van der Waals surface area contributed by atoms with E-state index in [1.54, 1.807) is 0 Å². The van der Waals surface area contributed by atoms with Crippen LogP contribution in [0.25, 0.3) is 5.65 Å². The van der Waals surface area contributed by atoms with Crippen LogP contribution in [0.1, 0.15) is 37.9 Å². The Balaban J connectivity index is 1.35. The second-order valence-corrected chi connectivity index (χ2v) is 6.46. The van der Waals surface area contributed by atoms with Crippen molar-refractivity contribution < 1.29 is 4.79 Å². The molecule has 2 aliphatic rings. The van der Waals surface area contributed by atoms with Crippen molar-refractivity contribution in [1.82, 2.24) is 19.9 Å². The molecule has 2 heterocycles. The number of carbonyl (C=O) groups excluding carboxylic acids is 1. The maximum atomic E-state index is 12.1. The minimum atomic E-state index is 0.153. The van der Waals surface area contributed by atoms with Crippen LogP contribution in [-0.4, -0.2) is 20.5 Å². The number of carbonyl (C=O) groups is 1. The fourth-order valence-electron chi connectivity index (χ4n) is 4.13. The molecule has 2 aliphatic carbocycles. The molecule has 1 amide bonds. The van der Waals surface area contributed by atoms with Crippen LogP contribution in [0.4, 0.5) is 0 Å². The van der Waals surface area contributed by atoms with Crippen molar-refractivity contribution in [3.05, 3.63) is 30.2 Å². The van der Waals surface area contributed by atoms with E-state index < -0.39 is 0 Å². The first-order valence-electron chi connectivity index (χ1n) is 7.85. The molecule has 1 N–H and O–H groups in total. The van der Waals surface area contributed by atoms with Crippen molar-refractivity contribution in [2.45, 2.75) is 38.6 Å². The van der Waals surface area contributed by atoms with Gasteiger partial charge in [-0.1, -0.05) is 12.5 Å². The van der Waals surface area contributed by atoms with Gasteiger partial charge in [0.25, 0.3) is 0 Å². The quantitative estimate of drug-likeness (QED) is 0.936. The second-order valence-electron chi connectivity index (χ2n) is 6.46. The third-order valence-corrected chi connectivity index (χ3v) is 5.16. The van der Waals surface area contributed by atoms with Gasteiger partial charge in [0, 0.05) is 12.6 Å². The summed E-state index contributed by atoms with van der Waals surface area (Å²) in [4.78, 5) is 12.1. The monoisotopic (exact) mass is 284 g/mol. The van der Waals surface area contributed by atoms with Gasteiger partial charge in [-0.2, -0.15) is 0 Å². The molecule has 4 rings (SSSR count). The van der Waals surface area contributed by atoms with Gasteiger partial charge in [-0.3, -0.25) is 9.20 Å². The molecule has 5 heteroatoms. The van der Waals surface area contributed by atoms with Crippen LogP contribution >= 0.6 is 0 Å². The number of fused-ring (bicyclic) bond motifs is 3. The maximum absolute atomic E-state index is 12.1. The Kier molecular flexibility index (Phi) is 3.13. The summed E-state index contributed by atoms with van der Waals surface area (Å²) in [5.74, 6) is 3.24. The second kappa shape index (κ2) is 5.13. The number of aromatic nitrogens is 3. The lowest BCUT2D eigenvalue weighted by Gasteiger charge is -2.20. The van der Waals surface area contributed by atoms with Crippen LogP contribution in [0.15, 0.2) is 24.4 Å². The van der Waals surface area contributed by atoms with E-state index >= 15 is 0 Å². The summed E-state index contributed by atoms with van der Waals surface area (Å²) in [6.07, 6.45) is 7.93. The van der Waals surface area contributed by atoms with E-state index in [0.29, 0.717) is 18.9 Å². The van der Waals surface area contributed by atoms with Gasteiger partial charge in [0.05, 0.1) is 6.54 Å². The Morgan fingerprint density at radius 3 is 3.05 bits per heavy atom. The molecule has 0 aliphatic heterocycles. The molecular formula is C16H20N4O. The Morgan fingerprint density at radius 1 is 1.29 bits per heavy atom. The van der Waals surface area contributed by atoms with Gasteiger partial charge < -0.3 is 5.32 Å². The minimum Gasteiger partial charge on any atom is -0.349 e. The number of pyridine rings is 1. The van der Waals surface area contributed by atoms with E-state index in [9.17, 15) is 4.79 Å². The summed E-state index contributed by atoms with van der Waals surface area (Å²) in [6.45, 7) is 0.449. The smallest absolute Gasteiger partial charge is 0.220 e. The molecule has 0 unspecified atom stereocenters. The molecule has 2 aromatic rings. The van der Waals surface area contributed by atoms with Crippen LogP contribution < -0.4 is 5.32 Å². The zero-order chi connectivity index (χ0) is 14.2. The summed E-state index contributed by atoms with van der Waals surface area (Å²) in [6, 6.07) is 5.78. The largest absolute Gasteiger partial charge is 0.349 e. The topological polar surface area (TPSA) is 59.3 Å². The highest BCUT2D eigenvalue weighted by Gasteiger charge is 2.40. The average molecular weight is 284 g/mol. The normalized spacial score (nSPS) is 27.3. The van der Waals surface area contributed by atoms with E-state index in [1.807, 2.05) is 28.8 Å². The summed E-state index contributed by atoms with van der Waals surface area (Å²) in [7, 11) is 0. The molecule has 0 radical (unpaired) electrons. The van der Waals surface area contributed by atoms with Gasteiger partial charge in [-0.05, 0) is 49.1 Å². The van der Waals surface area contributed by atoms with Crippen molar-refractivity contribution in [3.63, 3.8) is 0 Å². The summed E-state index contributed by atoms with van der Waals surface area (Å²) >= 11 is 0. The van der Waals surface area contributed by atoms with Crippen LogP contribution in [0.2, 0.25) is 0 Å². The fraction of sp³-hybridized carbons (Fsp3) is 0.562. The van der Waals surface area contributed by atoms with Crippen molar-refractivity contribution in [2.24, 2.45) is 17.8 Å². The lowest BCUT2D eigenvalue weighted by molar-refractivity contribution is -0.122. The number of nitrogens with zero attached hydrogens (tertiary/aromatic N) is 3. The average Bonchev–Trinajstić information content (AvgIpc) is 3.20. The number of hydrogen-bond acceptors (Lipinski definition) is 3. The molecule has 5 nitrogen and oxygen atoms in total. The highest BCUT2D eigenvalue weighted by atomic mass is 16.1. The molecule has 2 fully saturated rings. The Hall–Kier alpha value is -1.91. The van der Waals surface area contributed by atoms with Crippen molar-refractivity contribution >= 4 is 11.6 Å². The highest BCUT2D eigenvalue weighted by Crippen LogP contribution is 2.49. The van der Waals surface area contributed by atoms with Gasteiger partial charge >= 0.3 is 0 Å². The Morgan fingerprint density at radius 2 is 2.24 bits per heavy atom. The first-order chi connectivity index (χ1) is 10.3. The van der Waals surface area contributed by atoms with Crippen LogP contribution in [0, 0.1) is 17.8 Å². The summed E-state index contributed by atoms with van der Waals surface area (Å²) in [5.41, 5.74) is 0.815. The van der Waals surface area contributed by atoms with E-state index in [4.69, 9.17) is 0 Å². The predicted octanol–water partition coefficient (Wildman–Crippen LogP) is 2.17. The molecule has 0 saturated heterocycles. The Labute approximate surface area is 123 Å². The van der Waals surface area contributed by atoms with Crippen LogP contribution in [0.5, 0.6) is 0 Å². The van der Waals surface area contributed by atoms with Gasteiger partial charge in [-0.25, -0.2) is 0 Å². The maximum Gasteiger partial charge on any atom is 0.220 e. The lowest BCUT2D eigenvalue weighted by atomic mass is 9.86. The SMILES string of the molecule is O=C(C[C@H]1C[C@H]2CC[C@@H]1C2)NCc1nnc2ccccn12. The Bertz CT molecular complexity index is 665. The zero-order valence-electron chi connectivity index (χ0n) is 12.0. The minimum absolute atomic E-state index is 0.153. The number of nitrogens with one attached hydrogen (secondary N) is 1.